The Bertz CT molecular complexity index is 531. The molecule has 1 aliphatic heterocycles. The van der Waals surface area contributed by atoms with Crippen molar-refractivity contribution >= 4 is 23.2 Å². The molecule has 1 N–H and O–H groups in total. The van der Waals surface area contributed by atoms with E-state index in [0.29, 0.717) is 11.6 Å². The van der Waals surface area contributed by atoms with Crippen LogP contribution >= 0.6 is 11.6 Å². The van der Waals surface area contributed by atoms with Crippen LogP contribution in [0.2, 0.25) is 5.02 Å². The van der Waals surface area contributed by atoms with Crippen molar-refractivity contribution in [1.82, 2.24) is 4.90 Å². The molecule has 116 valence electrons. The lowest BCUT2D eigenvalue weighted by Crippen LogP contribution is -2.54. The van der Waals surface area contributed by atoms with Crippen LogP contribution in [0.1, 0.15) is 26.3 Å². The third-order valence-electron chi connectivity index (χ3n) is 3.91. The Morgan fingerprint density at radius 1 is 1.48 bits per heavy atom. The molecule has 1 heterocycles. The molecule has 1 aromatic carbocycles. The van der Waals surface area contributed by atoms with Gasteiger partial charge in [0, 0.05) is 23.8 Å². The second-order valence-electron chi connectivity index (χ2n) is 6.16. The summed E-state index contributed by atoms with van der Waals surface area (Å²) in [6, 6.07) is 5.33. The van der Waals surface area contributed by atoms with Gasteiger partial charge in [0.05, 0.1) is 18.2 Å². The fourth-order valence-corrected chi connectivity index (χ4v) is 2.70. The van der Waals surface area contributed by atoms with Gasteiger partial charge in [-0.25, -0.2) is 0 Å². The van der Waals surface area contributed by atoms with Crippen LogP contribution in [-0.2, 0) is 9.53 Å². The first-order valence-corrected chi connectivity index (χ1v) is 7.62. The number of nitrogens with zero attached hydrogens (tertiary/aromatic N) is 1. The van der Waals surface area contributed by atoms with Crippen molar-refractivity contribution in [2.75, 3.05) is 25.0 Å². The molecule has 0 bridgehead atoms. The van der Waals surface area contributed by atoms with Crippen LogP contribution in [0, 0.1) is 6.92 Å². The lowest BCUT2D eigenvalue weighted by molar-refractivity contribution is -0.129. The van der Waals surface area contributed by atoms with Crippen LogP contribution in [0.25, 0.3) is 0 Å². The summed E-state index contributed by atoms with van der Waals surface area (Å²) in [7, 11) is 0. The van der Waals surface area contributed by atoms with Crippen molar-refractivity contribution in [3.05, 3.63) is 28.8 Å². The van der Waals surface area contributed by atoms with Gasteiger partial charge in [-0.15, -0.1) is 0 Å². The van der Waals surface area contributed by atoms with Gasteiger partial charge < -0.3 is 10.1 Å². The van der Waals surface area contributed by atoms with E-state index in [1.807, 2.05) is 45.9 Å². The minimum absolute atomic E-state index is 0.0157. The molecule has 2 rings (SSSR count). The Balaban J connectivity index is 2.04. The number of hydrogen-bond acceptors (Lipinski definition) is 3. The highest BCUT2D eigenvalue weighted by Crippen LogP contribution is 2.24. The summed E-state index contributed by atoms with van der Waals surface area (Å²) < 4.78 is 5.69. The molecule has 1 atom stereocenters. The normalized spacial score (nSPS) is 20.0. The van der Waals surface area contributed by atoms with Crippen LogP contribution in [0.15, 0.2) is 18.2 Å². The number of nitrogens with one attached hydrogen (secondary N) is 1. The molecule has 1 aliphatic rings. The largest absolute Gasteiger partial charge is 0.373 e. The van der Waals surface area contributed by atoms with Crippen molar-refractivity contribution in [3.63, 3.8) is 0 Å². The topological polar surface area (TPSA) is 41.6 Å². The van der Waals surface area contributed by atoms with Gasteiger partial charge in [-0.1, -0.05) is 17.7 Å². The number of carbonyl (C=O) groups is 1. The number of rotatable bonds is 3. The molecule has 0 spiro atoms. The summed E-state index contributed by atoms with van der Waals surface area (Å²) in [6.45, 7) is 10.1. The molecule has 0 radical (unpaired) electrons. The fourth-order valence-electron chi connectivity index (χ4n) is 2.53. The molecular formula is C16H23ClN2O2. The van der Waals surface area contributed by atoms with E-state index in [1.165, 1.54) is 0 Å². The zero-order valence-corrected chi connectivity index (χ0v) is 13.8. The summed E-state index contributed by atoms with van der Waals surface area (Å²) in [6.07, 6.45) is 0. The van der Waals surface area contributed by atoms with Gasteiger partial charge in [0.2, 0.25) is 5.91 Å². The third kappa shape index (κ3) is 3.96. The van der Waals surface area contributed by atoms with Crippen molar-refractivity contribution in [2.45, 2.75) is 39.3 Å². The predicted molar refractivity (Wildman–Crippen MR) is 85.9 cm³/mol. The van der Waals surface area contributed by atoms with Gasteiger partial charge in [0.25, 0.3) is 0 Å². The number of morpholine rings is 1. The number of amides is 1. The third-order valence-corrected chi connectivity index (χ3v) is 4.32. The smallest absolute Gasteiger partial charge is 0.241 e. The van der Waals surface area contributed by atoms with Crippen molar-refractivity contribution in [3.8, 4) is 0 Å². The zero-order valence-electron chi connectivity index (χ0n) is 13.1. The first kappa shape index (κ1) is 16.3. The fraction of sp³-hybridized carbons (Fsp3) is 0.562. The first-order chi connectivity index (χ1) is 9.80. The highest BCUT2D eigenvalue weighted by atomic mass is 35.5. The molecular weight excluding hydrogens is 288 g/mol. The summed E-state index contributed by atoms with van der Waals surface area (Å²) in [5.74, 6) is -0.0157. The van der Waals surface area contributed by atoms with Crippen LogP contribution in [0.4, 0.5) is 5.69 Å². The highest BCUT2D eigenvalue weighted by molar-refractivity contribution is 6.31. The Labute approximate surface area is 131 Å². The Kier molecular flexibility index (Phi) is 4.91. The number of benzene rings is 1. The lowest BCUT2D eigenvalue weighted by atomic mass is 10.1. The SMILES string of the molecule is Cc1c(Cl)cccc1NC(=O)C(C)N1CCOC(C)(C)C1. The summed E-state index contributed by atoms with van der Waals surface area (Å²) in [4.78, 5) is 14.6. The van der Waals surface area contributed by atoms with Crippen LogP contribution in [0.3, 0.4) is 0 Å². The lowest BCUT2D eigenvalue weighted by Gasteiger charge is -2.40. The van der Waals surface area contributed by atoms with E-state index < -0.39 is 0 Å². The molecule has 5 heteroatoms. The summed E-state index contributed by atoms with van der Waals surface area (Å²) in [5.41, 5.74) is 1.45. The Morgan fingerprint density at radius 2 is 2.19 bits per heavy atom. The number of halogens is 1. The standard InChI is InChI=1S/C16H23ClN2O2/c1-11-13(17)6-5-7-14(11)18-15(20)12(2)19-8-9-21-16(3,4)10-19/h5-7,12H,8-10H2,1-4H3,(H,18,20). The molecule has 1 fully saturated rings. The maximum absolute atomic E-state index is 12.4. The summed E-state index contributed by atoms with van der Waals surface area (Å²) >= 11 is 6.08. The number of anilines is 1. The van der Waals surface area contributed by atoms with E-state index in [4.69, 9.17) is 16.3 Å². The van der Waals surface area contributed by atoms with E-state index >= 15 is 0 Å². The predicted octanol–water partition coefficient (Wildman–Crippen LogP) is 3.09. The number of ether oxygens (including phenoxy) is 1. The van der Waals surface area contributed by atoms with Gasteiger partial charge in [0.1, 0.15) is 0 Å². The zero-order chi connectivity index (χ0) is 15.6. The average molecular weight is 311 g/mol. The molecule has 1 saturated heterocycles. The van der Waals surface area contributed by atoms with Gasteiger partial charge in [-0.3, -0.25) is 9.69 Å². The Hall–Kier alpha value is -1.10. The van der Waals surface area contributed by atoms with Crippen LogP contribution in [0.5, 0.6) is 0 Å². The molecule has 1 unspecified atom stereocenters. The van der Waals surface area contributed by atoms with Gasteiger partial charge >= 0.3 is 0 Å². The van der Waals surface area contributed by atoms with E-state index in [-0.39, 0.29) is 17.6 Å². The van der Waals surface area contributed by atoms with Crippen molar-refractivity contribution in [1.29, 1.82) is 0 Å². The van der Waals surface area contributed by atoms with Crippen LogP contribution in [-0.4, -0.2) is 42.1 Å². The van der Waals surface area contributed by atoms with Crippen molar-refractivity contribution < 1.29 is 9.53 Å². The van der Waals surface area contributed by atoms with Gasteiger partial charge in [-0.2, -0.15) is 0 Å². The van der Waals surface area contributed by atoms with E-state index in [2.05, 4.69) is 10.2 Å². The monoisotopic (exact) mass is 310 g/mol. The summed E-state index contributed by atoms with van der Waals surface area (Å²) in [5, 5.41) is 3.63. The van der Waals surface area contributed by atoms with Crippen LogP contribution < -0.4 is 5.32 Å². The van der Waals surface area contributed by atoms with E-state index in [1.54, 1.807) is 0 Å². The maximum atomic E-state index is 12.4. The van der Waals surface area contributed by atoms with Gasteiger partial charge in [0.15, 0.2) is 0 Å². The van der Waals surface area contributed by atoms with Gasteiger partial charge in [-0.05, 0) is 45.4 Å². The molecule has 0 aliphatic carbocycles. The molecule has 1 amide bonds. The molecule has 4 nitrogen and oxygen atoms in total. The first-order valence-electron chi connectivity index (χ1n) is 7.24. The van der Waals surface area contributed by atoms with E-state index in [9.17, 15) is 4.79 Å². The quantitative estimate of drug-likeness (QED) is 0.933. The molecule has 1 aromatic rings. The molecule has 0 aromatic heterocycles. The maximum Gasteiger partial charge on any atom is 0.241 e. The van der Waals surface area contributed by atoms with E-state index in [0.717, 1.165) is 24.3 Å². The second-order valence-corrected chi connectivity index (χ2v) is 6.56. The number of carbonyl (C=O) groups excluding carboxylic acids is 1. The molecule has 21 heavy (non-hydrogen) atoms. The van der Waals surface area contributed by atoms with Crippen molar-refractivity contribution in [2.24, 2.45) is 0 Å². The Morgan fingerprint density at radius 3 is 2.86 bits per heavy atom. The highest BCUT2D eigenvalue weighted by Gasteiger charge is 2.32. The molecule has 0 saturated carbocycles. The average Bonchev–Trinajstić information content (AvgIpc) is 2.42. The second kappa shape index (κ2) is 6.34. The number of hydrogen-bond donors (Lipinski definition) is 1. The minimum Gasteiger partial charge on any atom is -0.373 e. The minimum atomic E-state index is -0.210.